The second kappa shape index (κ2) is 6.76. The minimum atomic E-state index is -0.483. The molecule has 2 N–H and O–H groups in total. The number of methoxy groups -OCH3 is 2. The van der Waals surface area contributed by atoms with E-state index in [1.807, 2.05) is 0 Å². The van der Waals surface area contributed by atoms with Crippen LogP contribution < -0.4 is 5.32 Å². The maximum atomic E-state index is 9.85. The van der Waals surface area contributed by atoms with Gasteiger partial charge in [0.05, 0.1) is 27.2 Å². The third kappa shape index (κ3) is 4.32. The van der Waals surface area contributed by atoms with Crippen molar-refractivity contribution in [3.63, 3.8) is 0 Å². The van der Waals surface area contributed by atoms with Gasteiger partial charge in [-0.15, -0.1) is 0 Å². The number of hydrogen-bond acceptors (Lipinski definition) is 5. The number of thioether (sulfide) groups is 1. The van der Waals surface area contributed by atoms with Crippen LogP contribution in [-0.2, 0) is 9.47 Å². The van der Waals surface area contributed by atoms with E-state index in [-0.39, 0.29) is 17.2 Å². The van der Waals surface area contributed by atoms with E-state index in [9.17, 15) is 5.11 Å². The smallest absolute Gasteiger partial charge is 0.0929 e. The second-order valence-corrected chi connectivity index (χ2v) is 4.86. The third-order valence-corrected chi connectivity index (χ3v) is 3.73. The van der Waals surface area contributed by atoms with Crippen LogP contribution in [0.3, 0.4) is 0 Å². The topological polar surface area (TPSA) is 60.6 Å². The van der Waals surface area contributed by atoms with Crippen LogP contribution in [0, 0.1) is 0 Å². The van der Waals surface area contributed by atoms with Crippen molar-refractivity contribution in [1.29, 1.82) is 0 Å². The van der Waals surface area contributed by atoms with Crippen molar-refractivity contribution in [2.75, 3.05) is 33.2 Å². The van der Waals surface area contributed by atoms with E-state index >= 15 is 0 Å². The quantitative estimate of drug-likeness (QED) is 0.325. The van der Waals surface area contributed by atoms with Gasteiger partial charge in [-0.05, 0) is 5.94 Å². The number of hydrogen-bond donors (Lipinski definition) is 2. The van der Waals surface area contributed by atoms with Gasteiger partial charge in [0.2, 0.25) is 0 Å². The lowest BCUT2D eigenvalue weighted by atomic mass is 9.98. The highest BCUT2D eigenvalue weighted by molar-refractivity contribution is 8.00. The summed E-state index contributed by atoms with van der Waals surface area (Å²) in [6.07, 6.45) is -0.483. The van der Waals surface area contributed by atoms with E-state index in [0.29, 0.717) is 13.2 Å². The number of rotatable bonds is 8. The van der Waals surface area contributed by atoms with Gasteiger partial charge >= 0.3 is 0 Å². The number of nitrogens with one attached hydrogen (secondary N) is 1. The first-order valence-electron chi connectivity index (χ1n) is 5.00. The largest absolute Gasteiger partial charge is 0.390 e. The number of ether oxygens (including phenoxy) is 2. The molecule has 1 aliphatic rings. The van der Waals surface area contributed by atoms with E-state index in [4.69, 9.17) is 17.3 Å². The fourth-order valence-electron chi connectivity index (χ4n) is 1.45. The monoisotopic (exact) mass is 231 g/mol. The molecular formula is C9H18BNO3S. The molecule has 0 spiro atoms. The Labute approximate surface area is 96.5 Å². The first kappa shape index (κ1) is 13.3. The van der Waals surface area contributed by atoms with Gasteiger partial charge in [0.1, 0.15) is 0 Å². The summed E-state index contributed by atoms with van der Waals surface area (Å²) in [5, 5.41) is 13.0. The minimum absolute atomic E-state index is 0.0107. The molecule has 0 aromatic carbocycles. The van der Waals surface area contributed by atoms with Crippen LogP contribution in [-0.4, -0.2) is 69.5 Å². The van der Waals surface area contributed by atoms with Gasteiger partial charge < -0.3 is 19.9 Å². The molecule has 0 amide bonds. The second-order valence-electron chi connectivity index (χ2n) is 3.57. The van der Waals surface area contributed by atoms with Crippen LogP contribution in [0.5, 0.6) is 0 Å². The Hall–Kier alpha value is 0.255. The molecule has 0 saturated carbocycles. The molecule has 4 atom stereocenters. The molecule has 1 heterocycles. The number of aliphatic hydroxyl groups excluding tert-OH is 1. The first-order chi connectivity index (χ1) is 7.20. The Bertz CT molecular complexity index is 187. The first-order valence-corrected chi connectivity index (χ1v) is 6.04. The summed E-state index contributed by atoms with van der Waals surface area (Å²) in [5.41, 5.74) is 0. The predicted octanol–water partition coefficient (Wildman–Crippen LogP) is -0.792. The normalized spacial score (nSPS) is 28.7. The summed E-state index contributed by atoms with van der Waals surface area (Å²) in [4.78, 5) is 0. The van der Waals surface area contributed by atoms with Gasteiger partial charge in [-0.3, -0.25) is 0 Å². The molecular weight excluding hydrogens is 213 g/mol. The van der Waals surface area contributed by atoms with Crippen molar-refractivity contribution >= 4 is 19.6 Å². The molecule has 1 fully saturated rings. The van der Waals surface area contributed by atoms with Gasteiger partial charge in [0.25, 0.3) is 0 Å². The van der Waals surface area contributed by atoms with Crippen molar-refractivity contribution in [1.82, 2.24) is 5.32 Å². The van der Waals surface area contributed by atoms with Crippen LogP contribution in [0.15, 0.2) is 0 Å². The van der Waals surface area contributed by atoms with Crippen molar-refractivity contribution < 1.29 is 14.6 Å². The van der Waals surface area contributed by atoms with E-state index in [2.05, 4.69) is 5.32 Å². The highest BCUT2D eigenvalue weighted by Crippen LogP contribution is 2.26. The van der Waals surface area contributed by atoms with Crippen molar-refractivity contribution in [3.05, 3.63) is 0 Å². The summed E-state index contributed by atoms with van der Waals surface area (Å²) in [5.74, 6) is 0.865. The fourth-order valence-corrected chi connectivity index (χ4v) is 2.74. The highest BCUT2D eigenvalue weighted by atomic mass is 32.2. The third-order valence-electron chi connectivity index (χ3n) is 2.33. The zero-order valence-electron chi connectivity index (χ0n) is 9.18. The Balaban J connectivity index is 2.32. The lowest BCUT2D eigenvalue weighted by molar-refractivity contribution is 0.0628. The summed E-state index contributed by atoms with van der Waals surface area (Å²) in [6, 6.07) is 0.192. The van der Waals surface area contributed by atoms with Crippen LogP contribution >= 0.6 is 11.8 Å². The number of aliphatic hydroxyl groups is 1. The summed E-state index contributed by atoms with van der Waals surface area (Å²) in [7, 11) is 8.95. The summed E-state index contributed by atoms with van der Waals surface area (Å²) >= 11 is 1.67. The van der Waals surface area contributed by atoms with Crippen LogP contribution in [0.1, 0.15) is 0 Å². The van der Waals surface area contributed by atoms with E-state index in [1.54, 1.807) is 26.0 Å². The van der Waals surface area contributed by atoms with E-state index in [1.165, 1.54) is 0 Å². The Kier molecular flexibility index (Phi) is 6.00. The molecule has 0 aromatic heterocycles. The van der Waals surface area contributed by atoms with Gasteiger partial charge in [0, 0.05) is 31.3 Å². The maximum Gasteiger partial charge on any atom is 0.0929 e. The van der Waals surface area contributed by atoms with Crippen molar-refractivity contribution in [3.8, 4) is 0 Å². The molecule has 2 radical (unpaired) electrons. The zero-order valence-corrected chi connectivity index (χ0v) is 10.00. The molecule has 1 aliphatic heterocycles. The molecule has 0 aliphatic carbocycles. The summed E-state index contributed by atoms with van der Waals surface area (Å²) in [6.45, 7) is 1.03. The predicted molar refractivity (Wildman–Crippen MR) is 62.5 cm³/mol. The molecule has 6 heteroatoms. The summed E-state index contributed by atoms with van der Waals surface area (Å²) < 4.78 is 9.91. The van der Waals surface area contributed by atoms with Crippen LogP contribution in [0.2, 0.25) is 0 Å². The minimum Gasteiger partial charge on any atom is -0.390 e. The van der Waals surface area contributed by atoms with Gasteiger partial charge in [-0.1, -0.05) is 0 Å². The molecule has 1 saturated heterocycles. The highest BCUT2D eigenvalue weighted by Gasteiger charge is 2.41. The van der Waals surface area contributed by atoms with Gasteiger partial charge in [-0.25, -0.2) is 0 Å². The molecule has 4 nitrogen and oxygen atoms in total. The molecule has 0 aromatic rings. The molecule has 1 rings (SSSR count). The Morgan fingerprint density at radius 1 is 1.47 bits per heavy atom. The van der Waals surface area contributed by atoms with Gasteiger partial charge in [-0.2, -0.15) is 11.8 Å². The average molecular weight is 231 g/mol. The molecule has 86 valence electrons. The zero-order chi connectivity index (χ0) is 11.3. The van der Waals surface area contributed by atoms with Crippen molar-refractivity contribution in [2.45, 2.75) is 23.3 Å². The van der Waals surface area contributed by atoms with Crippen LogP contribution in [0.4, 0.5) is 0 Å². The maximum absolute atomic E-state index is 9.85. The molecule has 0 bridgehead atoms. The van der Waals surface area contributed by atoms with E-state index in [0.717, 1.165) is 5.75 Å². The standard InChI is InChI=1S/C9H18BNO3S/c1-13-3-4-15-8(6(12)5-14-2)7-9(10)11-7/h6-9,11-12H,3-5H2,1-2H3. The van der Waals surface area contributed by atoms with Crippen LogP contribution in [0.25, 0.3) is 0 Å². The van der Waals surface area contributed by atoms with Crippen molar-refractivity contribution in [2.24, 2.45) is 0 Å². The van der Waals surface area contributed by atoms with E-state index < -0.39 is 6.10 Å². The lowest BCUT2D eigenvalue weighted by Crippen LogP contribution is -2.34. The Morgan fingerprint density at radius 3 is 2.60 bits per heavy atom. The molecule has 4 unspecified atom stereocenters. The lowest BCUT2D eigenvalue weighted by Gasteiger charge is -2.21. The fraction of sp³-hybridized carbons (Fsp3) is 1.00. The molecule has 15 heavy (non-hydrogen) atoms. The van der Waals surface area contributed by atoms with Gasteiger partial charge in [0.15, 0.2) is 0 Å². The average Bonchev–Trinajstić information content (AvgIpc) is 2.90. The SMILES string of the molecule is [B]C1NC1C(SCCOC)C(O)COC. The Morgan fingerprint density at radius 2 is 2.13 bits per heavy atom.